The van der Waals surface area contributed by atoms with Crippen LogP contribution in [-0.2, 0) is 5.41 Å². The van der Waals surface area contributed by atoms with Crippen molar-refractivity contribution in [2.75, 3.05) is 0 Å². The molecule has 2 heteroatoms. The van der Waals surface area contributed by atoms with Gasteiger partial charge in [-0.15, -0.1) is 0 Å². The summed E-state index contributed by atoms with van der Waals surface area (Å²) in [5.74, 6) is 0.236. The van der Waals surface area contributed by atoms with Crippen LogP contribution in [0.25, 0.3) is 0 Å². The molecule has 64 valence electrons. The lowest BCUT2D eigenvalue weighted by molar-refractivity contribution is 0.0979. The lowest BCUT2D eigenvalue weighted by atomic mass is 9.83. The first kappa shape index (κ1) is 8.55. The highest BCUT2D eigenvalue weighted by Gasteiger charge is 2.35. The van der Waals surface area contributed by atoms with E-state index in [0.717, 1.165) is 16.6 Å². The average Bonchev–Trinajstić information content (AvgIpc) is 2.23. The molecule has 0 saturated heterocycles. The Morgan fingerprint density at radius 2 is 2.08 bits per heavy atom. The number of hydrogen-bond acceptors (Lipinski definition) is 1. The molecule has 0 spiro atoms. The molecule has 0 heterocycles. The van der Waals surface area contributed by atoms with Gasteiger partial charge in [0.25, 0.3) is 0 Å². The minimum absolute atomic E-state index is 0.0399. The minimum atomic E-state index is -0.0399. The van der Waals surface area contributed by atoms with Crippen molar-refractivity contribution in [2.24, 2.45) is 0 Å². The Balaban J connectivity index is 2.66. The monoisotopic (exact) mass is 170 g/mol. The fourth-order valence-corrected chi connectivity index (χ4v) is 1.96. The van der Waals surface area contributed by atoms with Gasteiger partial charge in [0, 0.05) is 12.0 Å². The molecule has 0 N–H and O–H groups in total. The van der Waals surface area contributed by atoms with Gasteiger partial charge in [-0.25, -0.2) is 0 Å². The smallest absolute Gasteiger partial charge is 0.164 e. The van der Waals surface area contributed by atoms with Gasteiger partial charge in [0.1, 0.15) is 7.85 Å². The number of carbonyl (C=O) groups is 1. The highest BCUT2D eigenvalue weighted by Crippen LogP contribution is 2.37. The van der Waals surface area contributed by atoms with Gasteiger partial charge in [-0.05, 0) is 11.0 Å². The quantitative estimate of drug-likeness (QED) is 0.537. The van der Waals surface area contributed by atoms with Crippen molar-refractivity contribution in [3.63, 3.8) is 0 Å². The first-order valence-corrected chi connectivity index (χ1v) is 4.44. The number of ketones is 1. The topological polar surface area (TPSA) is 17.1 Å². The van der Waals surface area contributed by atoms with Gasteiger partial charge < -0.3 is 0 Å². The van der Waals surface area contributed by atoms with E-state index < -0.39 is 0 Å². The molecule has 0 amide bonds. The van der Waals surface area contributed by atoms with Crippen LogP contribution in [-0.4, -0.2) is 13.6 Å². The summed E-state index contributed by atoms with van der Waals surface area (Å²) < 4.78 is 0. The Bertz CT molecular complexity index is 380. The average molecular weight is 170 g/mol. The second-order valence-corrected chi connectivity index (χ2v) is 4.29. The molecule has 0 saturated carbocycles. The molecule has 0 atom stereocenters. The van der Waals surface area contributed by atoms with Crippen molar-refractivity contribution in [1.29, 1.82) is 0 Å². The summed E-state index contributed by atoms with van der Waals surface area (Å²) in [6, 6.07) is 5.54. The highest BCUT2D eigenvalue weighted by atomic mass is 16.1. The van der Waals surface area contributed by atoms with Gasteiger partial charge in [-0.3, -0.25) is 4.79 Å². The Hall–Kier alpha value is -1.05. The normalized spacial score (nSPS) is 18.8. The van der Waals surface area contributed by atoms with Crippen LogP contribution in [0, 0.1) is 0 Å². The van der Waals surface area contributed by atoms with Crippen molar-refractivity contribution in [2.45, 2.75) is 25.7 Å². The second kappa shape index (κ2) is 2.47. The molecule has 0 bridgehead atoms. The van der Waals surface area contributed by atoms with Gasteiger partial charge in [0.15, 0.2) is 5.78 Å². The van der Waals surface area contributed by atoms with Crippen molar-refractivity contribution in [3.05, 3.63) is 29.3 Å². The van der Waals surface area contributed by atoms with Gasteiger partial charge >= 0.3 is 0 Å². The Kier molecular flexibility index (Phi) is 1.63. The van der Waals surface area contributed by atoms with Crippen LogP contribution < -0.4 is 5.46 Å². The minimum Gasteiger partial charge on any atom is -0.294 e. The highest BCUT2D eigenvalue weighted by molar-refractivity contribution is 6.32. The van der Waals surface area contributed by atoms with E-state index in [-0.39, 0.29) is 11.2 Å². The van der Waals surface area contributed by atoms with Crippen LogP contribution in [0.3, 0.4) is 0 Å². The molecule has 0 aromatic heterocycles. The standard InChI is InChI=1S/C11H11BO/c1-11(2)6-10(13)8-4-3-7(12)5-9(8)11/h3-5H,6H2,1-2H3. The molecule has 0 aliphatic heterocycles. The van der Waals surface area contributed by atoms with E-state index in [1.807, 2.05) is 12.1 Å². The van der Waals surface area contributed by atoms with E-state index in [2.05, 4.69) is 13.8 Å². The molecular formula is C11H11BO. The molecule has 0 unspecified atom stereocenters. The molecule has 1 aliphatic rings. The van der Waals surface area contributed by atoms with Crippen molar-refractivity contribution in [1.82, 2.24) is 0 Å². The van der Waals surface area contributed by atoms with Crippen molar-refractivity contribution < 1.29 is 4.79 Å². The van der Waals surface area contributed by atoms with E-state index in [4.69, 9.17) is 7.85 Å². The maximum absolute atomic E-state index is 11.6. The van der Waals surface area contributed by atoms with E-state index in [1.165, 1.54) is 0 Å². The van der Waals surface area contributed by atoms with Crippen LogP contribution >= 0.6 is 0 Å². The lowest BCUT2D eigenvalue weighted by Gasteiger charge is -2.17. The first-order valence-electron chi connectivity index (χ1n) is 4.44. The summed E-state index contributed by atoms with van der Waals surface area (Å²) in [4.78, 5) is 11.6. The van der Waals surface area contributed by atoms with Crippen LogP contribution in [0.5, 0.6) is 0 Å². The molecule has 2 rings (SSSR count). The Morgan fingerprint density at radius 3 is 2.77 bits per heavy atom. The van der Waals surface area contributed by atoms with Crippen LogP contribution in [0.15, 0.2) is 18.2 Å². The maximum atomic E-state index is 11.6. The van der Waals surface area contributed by atoms with Gasteiger partial charge in [-0.1, -0.05) is 37.5 Å². The Labute approximate surface area is 79.6 Å². The molecular weight excluding hydrogens is 159 g/mol. The van der Waals surface area contributed by atoms with E-state index in [9.17, 15) is 4.79 Å². The molecule has 2 radical (unpaired) electrons. The molecule has 0 fully saturated rings. The molecule has 1 aromatic carbocycles. The zero-order chi connectivity index (χ0) is 9.64. The van der Waals surface area contributed by atoms with Gasteiger partial charge in [-0.2, -0.15) is 0 Å². The van der Waals surface area contributed by atoms with E-state index >= 15 is 0 Å². The third-order valence-electron chi connectivity index (χ3n) is 2.68. The van der Waals surface area contributed by atoms with Crippen LogP contribution in [0.2, 0.25) is 0 Å². The van der Waals surface area contributed by atoms with Gasteiger partial charge in [0.2, 0.25) is 0 Å². The summed E-state index contributed by atoms with van der Waals surface area (Å²) in [6.07, 6.45) is 0.603. The summed E-state index contributed by atoms with van der Waals surface area (Å²) >= 11 is 0. The Morgan fingerprint density at radius 1 is 1.38 bits per heavy atom. The molecule has 1 aliphatic carbocycles. The number of benzene rings is 1. The van der Waals surface area contributed by atoms with Crippen molar-refractivity contribution >= 4 is 19.1 Å². The zero-order valence-electron chi connectivity index (χ0n) is 7.92. The maximum Gasteiger partial charge on any atom is 0.164 e. The van der Waals surface area contributed by atoms with Crippen LogP contribution in [0.1, 0.15) is 36.2 Å². The number of rotatable bonds is 0. The lowest BCUT2D eigenvalue weighted by Crippen LogP contribution is -2.15. The largest absolute Gasteiger partial charge is 0.294 e. The first-order chi connectivity index (χ1) is 6.00. The van der Waals surface area contributed by atoms with Gasteiger partial charge in [0.05, 0.1) is 0 Å². The fourth-order valence-electron chi connectivity index (χ4n) is 1.96. The summed E-state index contributed by atoms with van der Waals surface area (Å²) in [5, 5.41) is 0. The second-order valence-electron chi connectivity index (χ2n) is 4.29. The SMILES string of the molecule is [B]c1ccc2c(c1)C(C)(C)CC2=O. The van der Waals surface area contributed by atoms with Crippen molar-refractivity contribution in [3.8, 4) is 0 Å². The summed E-state index contributed by atoms with van der Waals surface area (Å²) in [6.45, 7) is 4.16. The predicted molar refractivity (Wildman–Crippen MR) is 53.8 cm³/mol. The number of Topliss-reactive ketones (excluding diaryl/α,β-unsaturated/α-hetero) is 1. The number of carbonyl (C=O) groups excluding carboxylic acids is 1. The number of hydrogen-bond donors (Lipinski definition) is 0. The molecule has 13 heavy (non-hydrogen) atoms. The summed E-state index contributed by atoms with van der Waals surface area (Å²) in [5.41, 5.74) is 2.64. The summed E-state index contributed by atoms with van der Waals surface area (Å²) in [7, 11) is 5.69. The number of fused-ring (bicyclic) bond motifs is 1. The van der Waals surface area contributed by atoms with E-state index in [0.29, 0.717) is 6.42 Å². The fraction of sp³-hybridized carbons (Fsp3) is 0.364. The molecule has 1 aromatic rings. The third kappa shape index (κ3) is 1.21. The van der Waals surface area contributed by atoms with Crippen LogP contribution in [0.4, 0.5) is 0 Å². The molecule has 1 nitrogen and oxygen atoms in total. The zero-order valence-corrected chi connectivity index (χ0v) is 7.92. The predicted octanol–water partition coefficient (Wildman–Crippen LogP) is 1.34. The van der Waals surface area contributed by atoms with E-state index in [1.54, 1.807) is 6.07 Å². The third-order valence-corrected chi connectivity index (χ3v) is 2.68.